The lowest BCUT2D eigenvalue weighted by molar-refractivity contribution is 0.443. The number of rotatable bonds is 12. The Kier molecular flexibility index (Phi) is 12.6. The number of hydrogen-bond donors (Lipinski definition) is 0. The first-order chi connectivity index (χ1) is 31.7. The van der Waals surface area contributed by atoms with Gasteiger partial charge in [0.2, 0.25) is 0 Å². The van der Waals surface area contributed by atoms with Gasteiger partial charge in [0.05, 0.1) is 0 Å². The van der Waals surface area contributed by atoms with Gasteiger partial charge in [-0.15, -0.1) is 0 Å². The molecular weight excluding hydrogens is 773 g/mol. The molecule has 0 saturated heterocycles. The minimum absolute atomic E-state index is 0.704. The highest BCUT2D eigenvalue weighted by Crippen LogP contribution is 2.40. The zero-order valence-corrected chi connectivity index (χ0v) is 36.9. The van der Waals surface area contributed by atoms with Gasteiger partial charge in [0.25, 0.3) is 0 Å². The second kappa shape index (κ2) is 19.7. The molecule has 0 unspecified atom stereocenters. The smallest absolute Gasteiger partial charge is 0.0462 e. The van der Waals surface area contributed by atoms with Crippen molar-refractivity contribution >= 4 is 69.2 Å². The average Bonchev–Trinajstić information content (AvgIpc) is 3.37. The SMILES string of the molecule is C(=C\c1ccc2cc(/C=C/c3ccc(N(c4ccccc4)c4ccc(C5CCCCC5)cc4)cc3)ccc2c1)/c1ccc(N(c2ccccc2)c2ccc(C3CCCCC3)cc2)cc1. The molecule has 8 aromatic rings. The van der Waals surface area contributed by atoms with Crippen LogP contribution in [-0.4, -0.2) is 0 Å². The molecule has 10 rings (SSSR count). The first-order valence-electron chi connectivity index (χ1n) is 23.7. The third-order valence-electron chi connectivity index (χ3n) is 13.6. The van der Waals surface area contributed by atoms with Crippen LogP contribution >= 0.6 is 0 Å². The van der Waals surface area contributed by atoms with Crippen LogP contribution in [0.25, 0.3) is 35.1 Å². The molecule has 0 spiro atoms. The second-order valence-corrected chi connectivity index (χ2v) is 17.9. The van der Waals surface area contributed by atoms with E-state index in [1.165, 1.54) is 120 Å². The van der Waals surface area contributed by atoms with Crippen LogP contribution in [0, 0.1) is 0 Å². The maximum Gasteiger partial charge on any atom is 0.0462 e. The number of fused-ring (bicyclic) bond motifs is 1. The highest BCUT2D eigenvalue weighted by molar-refractivity contribution is 5.89. The minimum Gasteiger partial charge on any atom is -0.311 e. The summed E-state index contributed by atoms with van der Waals surface area (Å²) in [5.41, 5.74) is 14.7. The van der Waals surface area contributed by atoms with Crippen molar-refractivity contribution in [2.45, 2.75) is 76.0 Å². The fraction of sp³-hybridized carbons (Fsp3) is 0.194. The highest BCUT2D eigenvalue weighted by atomic mass is 15.1. The Morgan fingerprint density at radius 3 is 0.938 bits per heavy atom. The third kappa shape index (κ3) is 9.68. The third-order valence-corrected chi connectivity index (χ3v) is 13.6. The quantitative estimate of drug-likeness (QED) is 0.113. The van der Waals surface area contributed by atoms with Crippen LogP contribution in [0.15, 0.2) is 194 Å². The first-order valence-corrected chi connectivity index (χ1v) is 23.7. The van der Waals surface area contributed by atoms with E-state index in [-0.39, 0.29) is 0 Å². The molecule has 0 radical (unpaired) electrons. The zero-order chi connectivity index (χ0) is 42.9. The predicted molar refractivity (Wildman–Crippen MR) is 276 cm³/mol. The van der Waals surface area contributed by atoms with Crippen molar-refractivity contribution in [2.24, 2.45) is 0 Å². The highest BCUT2D eigenvalue weighted by Gasteiger charge is 2.19. The molecule has 0 atom stereocenters. The molecule has 0 N–H and O–H groups in total. The molecule has 2 nitrogen and oxygen atoms in total. The van der Waals surface area contributed by atoms with Crippen LogP contribution in [0.3, 0.4) is 0 Å². The van der Waals surface area contributed by atoms with E-state index in [1.54, 1.807) is 0 Å². The molecule has 0 aromatic heterocycles. The van der Waals surface area contributed by atoms with Crippen molar-refractivity contribution in [3.63, 3.8) is 0 Å². The van der Waals surface area contributed by atoms with Crippen LogP contribution in [0.2, 0.25) is 0 Å². The zero-order valence-electron chi connectivity index (χ0n) is 36.9. The van der Waals surface area contributed by atoms with Crippen LogP contribution in [-0.2, 0) is 0 Å². The van der Waals surface area contributed by atoms with E-state index in [9.17, 15) is 0 Å². The maximum absolute atomic E-state index is 2.36. The van der Waals surface area contributed by atoms with E-state index in [1.807, 2.05) is 0 Å². The van der Waals surface area contributed by atoms with Crippen molar-refractivity contribution in [1.82, 2.24) is 0 Å². The Balaban J connectivity index is 0.806. The van der Waals surface area contributed by atoms with Gasteiger partial charge in [0, 0.05) is 34.1 Å². The van der Waals surface area contributed by atoms with Gasteiger partial charge < -0.3 is 9.80 Å². The number of benzene rings is 8. The summed E-state index contributed by atoms with van der Waals surface area (Å²) < 4.78 is 0. The minimum atomic E-state index is 0.704. The van der Waals surface area contributed by atoms with E-state index in [4.69, 9.17) is 0 Å². The number of anilines is 6. The molecule has 2 saturated carbocycles. The van der Waals surface area contributed by atoms with Crippen molar-refractivity contribution in [3.8, 4) is 0 Å². The Labute approximate surface area is 380 Å². The van der Waals surface area contributed by atoms with Crippen molar-refractivity contribution in [1.29, 1.82) is 0 Å². The molecule has 2 heteroatoms. The van der Waals surface area contributed by atoms with Gasteiger partial charge in [-0.05, 0) is 167 Å². The fourth-order valence-corrected chi connectivity index (χ4v) is 10.1. The summed E-state index contributed by atoms with van der Waals surface area (Å²) in [4.78, 5) is 4.72. The fourth-order valence-electron chi connectivity index (χ4n) is 10.1. The molecule has 316 valence electrons. The molecule has 0 bridgehead atoms. The van der Waals surface area contributed by atoms with Crippen molar-refractivity contribution in [2.75, 3.05) is 9.80 Å². The molecule has 2 fully saturated rings. The van der Waals surface area contributed by atoms with Crippen LogP contribution < -0.4 is 9.80 Å². The van der Waals surface area contributed by atoms with Gasteiger partial charge in [0.15, 0.2) is 0 Å². The van der Waals surface area contributed by atoms with E-state index < -0.39 is 0 Å². The first kappa shape index (κ1) is 41.1. The van der Waals surface area contributed by atoms with Gasteiger partial charge in [-0.3, -0.25) is 0 Å². The van der Waals surface area contributed by atoms with E-state index in [0.717, 1.165) is 22.7 Å². The van der Waals surface area contributed by atoms with Gasteiger partial charge in [0.1, 0.15) is 0 Å². The van der Waals surface area contributed by atoms with E-state index in [2.05, 4.69) is 228 Å². The summed E-state index contributed by atoms with van der Waals surface area (Å²) in [5, 5.41) is 2.47. The molecule has 0 heterocycles. The number of hydrogen-bond acceptors (Lipinski definition) is 2. The maximum atomic E-state index is 2.36. The molecule has 0 aliphatic heterocycles. The second-order valence-electron chi connectivity index (χ2n) is 17.9. The Morgan fingerprint density at radius 2 is 0.578 bits per heavy atom. The standard InChI is InChI=1S/C62H58N2/c1-5-13-51(14-6-1)53-33-41-61(42-34-53)63(57-17-9-3-10-18-57)59-37-27-47(28-38-59)21-23-49-25-31-56-46-50(26-32-55(56)45-49)24-22-48-29-39-60(40-30-48)64(58-19-11-4-12-20-58)62-43-35-54(36-44-62)52-15-7-2-8-16-52/h3-4,9-12,17-46,51-52H,1-2,5-8,13-16H2/b23-21+,24-22+. The lowest BCUT2D eigenvalue weighted by Gasteiger charge is -2.27. The topological polar surface area (TPSA) is 6.48 Å². The van der Waals surface area contributed by atoms with Crippen molar-refractivity contribution < 1.29 is 0 Å². The van der Waals surface area contributed by atoms with Crippen LogP contribution in [0.4, 0.5) is 34.1 Å². The predicted octanol–water partition coefficient (Wildman–Crippen LogP) is 18.2. The Bertz CT molecular complexity index is 2590. The average molecular weight is 831 g/mol. The van der Waals surface area contributed by atoms with Crippen LogP contribution in [0.1, 0.15) is 109 Å². The summed E-state index contributed by atoms with van der Waals surface area (Å²) in [5.74, 6) is 1.41. The lowest BCUT2D eigenvalue weighted by Crippen LogP contribution is -2.10. The summed E-state index contributed by atoms with van der Waals surface area (Å²) in [6.45, 7) is 0. The van der Waals surface area contributed by atoms with Gasteiger partial charge >= 0.3 is 0 Å². The summed E-state index contributed by atoms with van der Waals surface area (Å²) in [6, 6.07) is 71.4. The van der Waals surface area contributed by atoms with E-state index >= 15 is 0 Å². The molecule has 8 aromatic carbocycles. The summed E-state index contributed by atoms with van der Waals surface area (Å²) in [7, 11) is 0. The van der Waals surface area contributed by atoms with Gasteiger partial charge in [-0.1, -0.05) is 172 Å². The van der Waals surface area contributed by atoms with Crippen LogP contribution in [0.5, 0.6) is 0 Å². The number of para-hydroxylation sites is 2. The molecule has 2 aliphatic rings. The van der Waals surface area contributed by atoms with Gasteiger partial charge in [-0.2, -0.15) is 0 Å². The molecule has 64 heavy (non-hydrogen) atoms. The molecule has 0 amide bonds. The summed E-state index contributed by atoms with van der Waals surface area (Å²) >= 11 is 0. The lowest BCUT2D eigenvalue weighted by atomic mass is 9.84. The summed E-state index contributed by atoms with van der Waals surface area (Å²) in [6.07, 6.45) is 22.3. The molecule has 2 aliphatic carbocycles. The Hall–Kier alpha value is -6.90. The monoisotopic (exact) mass is 830 g/mol. The number of nitrogens with zero attached hydrogens (tertiary/aromatic N) is 2. The largest absolute Gasteiger partial charge is 0.311 e. The molecular formula is C62H58N2. The van der Waals surface area contributed by atoms with Gasteiger partial charge in [-0.25, -0.2) is 0 Å². The normalized spacial score (nSPS) is 14.9. The Morgan fingerprint density at radius 1 is 0.281 bits per heavy atom. The van der Waals surface area contributed by atoms with E-state index in [0.29, 0.717) is 11.8 Å². The van der Waals surface area contributed by atoms with Crippen molar-refractivity contribution in [3.05, 3.63) is 228 Å².